The van der Waals surface area contributed by atoms with Crippen LogP contribution < -0.4 is 11.1 Å². The molecule has 0 aliphatic carbocycles. The maximum atomic E-state index is 12.5. The normalized spacial score (nSPS) is 9.69. The maximum Gasteiger partial charge on any atom is 0.251 e. The van der Waals surface area contributed by atoms with Gasteiger partial charge in [-0.2, -0.15) is 4.39 Å². The lowest BCUT2D eigenvalue weighted by molar-refractivity contribution is 0.0954. The van der Waals surface area contributed by atoms with Gasteiger partial charge in [-0.25, -0.2) is 4.98 Å². The minimum absolute atomic E-state index is 0.251. The van der Waals surface area contributed by atoms with E-state index in [0.29, 0.717) is 13.1 Å². The average Bonchev–Trinajstić information content (AvgIpc) is 2.14. The summed E-state index contributed by atoms with van der Waals surface area (Å²) in [7, 11) is 0. The molecule has 1 heterocycles. The molecule has 0 bridgehead atoms. The molecule has 0 saturated heterocycles. The molecule has 1 rings (SSSR count). The van der Waals surface area contributed by atoms with Gasteiger partial charge >= 0.3 is 0 Å². The van der Waals surface area contributed by atoms with Crippen molar-refractivity contribution in [3.63, 3.8) is 0 Å². The van der Waals surface area contributed by atoms with E-state index in [9.17, 15) is 9.18 Å². The topological polar surface area (TPSA) is 68.0 Å². The van der Waals surface area contributed by atoms with E-state index in [2.05, 4.69) is 10.3 Å². The molecule has 0 unspecified atom stereocenters. The molecule has 0 aliphatic rings. The van der Waals surface area contributed by atoms with Crippen LogP contribution in [-0.4, -0.2) is 24.0 Å². The quantitative estimate of drug-likeness (QED) is 0.643. The number of halogens is 1. The van der Waals surface area contributed by atoms with Crippen LogP contribution in [0.5, 0.6) is 0 Å². The van der Waals surface area contributed by atoms with Gasteiger partial charge in [-0.1, -0.05) is 0 Å². The Morgan fingerprint density at radius 1 is 1.69 bits per heavy atom. The lowest BCUT2D eigenvalue weighted by Gasteiger charge is -2.02. The third kappa shape index (κ3) is 2.79. The van der Waals surface area contributed by atoms with Crippen molar-refractivity contribution in [2.24, 2.45) is 5.73 Å². The fraction of sp³-hybridized carbons (Fsp3) is 0.250. The van der Waals surface area contributed by atoms with Gasteiger partial charge in [0.2, 0.25) is 5.95 Å². The molecular weight excluding hydrogens is 173 g/mol. The number of hydrogen-bond acceptors (Lipinski definition) is 3. The predicted octanol–water partition coefficient (Wildman–Crippen LogP) is -0.0908. The molecule has 1 amide bonds. The summed E-state index contributed by atoms with van der Waals surface area (Å²) >= 11 is 0. The van der Waals surface area contributed by atoms with Crippen molar-refractivity contribution in [1.82, 2.24) is 10.3 Å². The highest BCUT2D eigenvalue weighted by atomic mass is 19.1. The first-order chi connectivity index (χ1) is 6.24. The highest BCUT2D eigenvalue weighted by Gasteiger charge is 2.04. The predicted molar refractivity (Wildman–Crippen MR) is 45.6 cm³/mol. The molecule has 0 fully saturated rings. The first-order valence-electron chi connectivity index (χ1n) is 3.84. The van der Waals surface area contributed by atoms with Gasteiger partial charge in [0.15, 0.2) is 0 Å². The molecule has 5 heteroatoms. The number of aromatic nitrogens is 1. The summed E-state index contributed by atoms with van der Waals surface area (Å²) in [6, 6.07) is 2.51. The Kier molecular flexibility index (Phi) is 3.33. The van der Waals surface area contributed by atoms with E-state index in [1.807, 2.05) is 0 Å². The zero-order valence-corrected chi connectivity index (χ0v) is 6.96. The largest absolute Gasteiger partial charge is 0.351 e. The minimum atomic E-state index is -0.666. The molecule has 4 nitrogen and oxygen atoms in total. The van der Waals surface area contributed by atoms with Gasteiger partial charge in [0.05, 0.1) is 0 Å². The standard InChI is InChI=1S/C8H10FN3O/c9-7-5-6(1-3-11-7)8(13)12-4-2-10/h1,3,5H,2,4,10H2,(H,12,13). The molecule has 0 atom stereocenters. The number of nitrogens with one attached hydrogen (secondary N) is 1. The molecule has 13 heavy (non-hydrogen) atoms. The van der Waals surface area contributed by atoms with Crippen LogP contribution in [0.4, 0.5) is 4.39 Å². The molecular formula is C8H10FN3O. The number of nitrogens with two attached hydrogens (primary N) is 1. The summed E-state index contributed by atoms with van der Waals surface area (Å²) in [5, 5.41) is 2.52. The fourth-order valence-electron chi connectivity index (χ4n) is 0.831. The maximum absolute atomic E-state index is 12.5. The van der Waals surface area contributed by atoms with E-state index < -0.39 is 5.95 Å². The second-order valence-corrected chi connectivity index (χ2v) is 2.41. The van der Waals surface area contributed by atoms with Crippen LogP contribution in [0.3, 0.4) is 0 Å². The van der Waals surface area contributed by atoms with Gasteiger partial charge in [-0.05, 0) is 6.07 Å². The molecule has 3 N–H and O–H groups in total. The van der Waals surface area contributed by atoms with E-state index in [-0.39, 0.29) is 11.5 Å². The minimum Gasteiger partial charge on any atom is -0.351 e. The lowest BCUT2D eigenvalue weighted by Crippen LogP contribution is -2.29. The zero-order chi connectivity index (χ0) is 9.68. The summed E-state index contributed by atoms with van der Waals surface area (Å²) in [6.07, 6.45) is 1.24. The van der Waals surface area contributed by atoms with Crippen LogP contribution in [0.2, 0.25) is 0 Å². The molecule has 0 saturated carbocycles. The second-order valence-electron chi connectivity index (χ2n) is 2.41. The van der Waals surface area contributed by atoms with E-state index in [1.165, 1.54) is 12.3 Å². The van der Waals surface area contributed by atoms with Gasteiger partial charge in [0, 0.05) is 30.9 Å². The first-order valence-corrected chi connectivity index (χ1v) is 3.84. The van der Waals surface area contributed by atoms with Gasteiger partial charge < -0.3 is 11.1 Å². The van der Waals surface area contributed by atoms with Crippen LogP contribution in [0.15, 0.2) is 18.3 Å². The monoisotopic (exact) mass is 183 g/mol. The zero-order valence-electron chi connectivity index (χ0n) is 6.96. The summed E-state index contributed by atoms with van der Waals surface area (Å²) in [6.45, 7) is 0.738. The van der Waals surface area contributed by atoms with Crippen LogP contribution >= 0.6 is 0 Å². The molecule has 1 aromatic rings. The van der Waals surface area contributed by atoms with Crippen molar-refractivity contribution < 1.29 is 9.18 Å². The Morgan fingerprint density at radius 2 is 2.46 bits per heavy atom. The molecule has 0 aliphatic heterocycles. The van der Waals surface area contributed by atoms with E-state index in [4.69, 9.17) is 5.73 Å². The van der Waals surface area contributed by atoms with Gasteiger partial charge in [-0.15, -0.1) is 0 Å². The van der Waals surface area contributed by atoms with Crippen molar-refractivity contribution >= 4 is 5.91 Å². The Hall–Kier alpha value is -1.49. The molecule has 0 radical (unpaired) electrons. The average molecular weight is 183 g/mol. The SMILES string of the molecule is NCCNC(=O)c1ccnc(F)c1. The van der Waals surface area contributed by atoms with Crippen LogP contribution in [-0.2, 0) is 0 Å². The van der Waals surface area contributed by atoms with Crippen molar-refractivity contribution in [2.45, 2.75) is 0 Å². The number of nitrogens with zero attached hydrogens (tertiary/aromatic N) is 1. The van der Waals surface area contributed by atoms with Crippen LogP contribution in [0, 0.1) is 5.95 Å². The van der Waals surface area contributed by atoms with Crippen LogP contribution in [0.25, 0.3) is 0 Å². The number of carbonyl (C=O) groups excluding carboxylic acids is 1. The third-order valence-corrected chi connectivity index (χ3v) is 1.42. The van der Waals surface area contributed by atoms with Crippen LogP contribution in [0.1, 0.15) is 10.4 Å². The number of pyridine rings is 1. The Labute approximate surface area is 75.0 Å². The second kappa shape index (κ2) is 4.51. The number of amides is 1. The molecule has 1 aromatic heterocycles. The Morgan fingerprint density at radius 3 is 3.08 bits per heavy atom. The Bertz CT molecular complexity index is 303. The summed E-state index contributed by atoms with van der Waals surface area (Å²) in [5.74, 6) is -1.01. The number of rotatable bonds is 3. The lowest BCUT2D eigenvalue weighted by atomic mass is 10.2. The van der Waals surface area contributed by atoms with E-state index >= 15 is 0 Å². The summed E-state index contributed by atoms with van der Waals surface area (Å²) in [4.78, 5) is 14.5. The smallest absolute Gasteiger partial charge is 0.251 e. The van der Waals surface area contributed by atoms with E-state index in [1.54, 1.807) is 0 Å². The molecule has 70 valence electrons. The van der Waals surface area contributed by atoms with E-state index in [0.717, 1.165) is 6.07 Å². The van der Waals surface area contributed by atoms with Gasteiger partial charge in [0.25, 0.3) is 5.91 Å². The molecule has 0 aromatic carbocycles. The van der Waals surface area contributed by atoms with Gasteiger partial charge in [0.1, 0.15) is 0 Å². The highest BCUT2D eigenvalue weighted by Crippen LogP contribution is 1.99. The third-order valence-electron chi connectivity index (χ3n) is 1.42. The van der Waals surface area contributed by atoms with Crippen molar-refractivity contribution in [3.8, 4) is 0 Å². The number of carbonyl (C=O) groups is 1. The number of hydrogen-bond donors (Lipinski definition) is 2. The first kappa shape index (κ1) is 9.60. The summed E-state index contributed by atoms with van der Waals surface area (Å²) < 4.78 is 12.5. The van der Waals surface area contributed by atoms with Crippen molar-refractivity contribution in [1.29, 1.82) is 0 Å². The fourth-order valence-corrected chi connectivity index (χ4v) is 0.831. The van der Waals surface area contributed by atoms with Crippen molar-refractivity contribution in [3.05, 3.63) is 29.8 Å². The van der Waals surface area contributed by atoms with Crippen molar-refractivity contribution in [2.75, 3.05) is 13.1 Å². The molecule has 0 spiro atoms. The summed E-state index contributed by atoms with van der Waals surface area (Å²) in [5.41, 5.74) is 5.43. The highest BCUT2D eigenvalue weighted by molar-refractivity contribution is 5.93. The Balaban J connectivity index is 2.66. The van der Waals surface area contributed by atoms with Gasteiger partial charge in [-0.3, -0.25) is 4.79 Å².